The molecule has 0 amide bonds. The molecule has 1 unspecified atom stereocenters. The van der Waals surface area contributed by atoms with Gasteiger partial charge in [0.2, 0.25) is 0 Å². The summed E-state index contributed by atoms with van der Waals surface area (Å²) in [6.45, 7) is 0. The summed E-state index contributed by atoms with van der Waals surface area (Å²) in [5.74, 6) is -0.133. The Labute approximate surface area is 391 Å². The Morgan fingerprint density at radius 2 is 1.02 bits per heavy atom. The minimum atomic E-state index is -2.71. The van der Waals surface area contributed by atoms with E-state index in [0.717, 1.165) is 76.9 Å². The van der Waals surface area contributed by atoms with E-state index < -0.39 is 10.9 Å². The fourth-order valence-corrected chi connectivity index (χ4v) is 9.48. The summed E-state index contributed by atoms with van der Waals surface area (Å²) in [6, 6.07) is 52.1. The zero-order valence-electron chi connectivity index (χ0n) is 35.3. The maximum absolute atomic E-state index is 11.4. The number of aromatic nitrogens is 2. The summed E-state index contributed by atoms with van der Waals surface area (Å²) in [5.41, 5.74) is 8.53. The highest BCUT2D eigenvalue weighted by molar-refractivity contribution is 6.68. The minimum Gasteiger partial charge on any atom is -0.456 e. The lowest BCUT2D eigenvalue weighted by Crippen LogP contribution is -2.55. The lowest BCUT2D eigenvalue weighted by Gasteiger charge is -2.37. The van der Waals surface area contributed by atoms with Crippen LogP contribution in [0.1, 0.15) is 5.82 Å². The van der Waals surface area contributed by atoms with Crippen LogP contribution in [0.2, 0.25) is 0 Å². The molecular formula is C53H28B8N2O3. The van der Waals surface area contributed by atoms with E-state index in [0.29, 0.717) is 27.8 Å². The second-order valence-electron chi connectivity index (χ2n) is 16.8. The van der Waals surface area contributed by atoms with Gasteiger partial charge in [0.15, 0.2) is 0 Å². The van der Waals surface area contributed by atoms with Gasteiger partial charge in [-0.1, -0.05) is 120 Å². The van der Waals surface area contributed by atoms with Crippen LogP contribution in [0.15, 0.2) is 162 Å². The highest BCUT2D eigenvalue weighted by Crippen LogP contribution is 2.48. The highest BCUT2D eigenvalue weighted by Gasteiger charge is 2.42. The maximum Gasteiger partial charge on any atom is 0.138 e. The third-order valence-corrected chi connectivity index (χ3v) is 12.8. The van der Waals surface area contributed by atoms with Crippen molar-refractivity contribution in [2.45, 2.75) is 10.9 Å². The average Bonchev–Trinajstić information content (AvgIpc) is 3.92. The zero-order valence-corrected chi connectivity index (χ0v) is 35.3. The smallest absolute Gasteiger partial charge is 0.138 e. The van der Waals surface area contributed by atoms with E-state index in [9.17, 15) is 10.2 Å². The number of furan rings is 1. The SMILES string of the molecule is [B]c1c([B])c([B])c(-c2ccc3c(-c4cccc(-c5cccc(-n6c(C([B])(O)C([B])([B])O)nc7ccccc76)c5)c4)c4ccccc4c(-c4cccc5oc6ccccc6c45)c3c2)c([B])c1[B]. The van der Waals surface area contributed by atoms with E-state index in [1.165, 1.54) is 0 Å². The van der Waals surface area contributed by atoms with Gasteiger partial charge >= 0.3 is 0 Å². The summed E-state index contributed by atoms with van der Waals surface area (Å²) < 4.78 is 8.07. The van der Waals surface area contributed by atoms with E-state index in [1.807, 2.05) is 103 Å². The molecule has 13 heteroatoms. The molecule has 2 N–H and O–H groups in total. The van der Waals surface area contributed by atoms with E-state index >= 15 is 0 Å². The third kappa shape index (κ3) is 6.39. The van der Waals surface area contributed by atoms with Crippen molar-refractivity contribution < 1.29 is 14.6 Å². The van der Waals surface area contributed by atoms with Gasteiger partial charge in [-0.2, -0.15) is 0 Å². The van der Waals surface area contributed by atoms with Gasteiger partial charge in [0.25, 0.3) is 0 Å². The summed E-state index contributed by atoms with van der Waals surface area (Å²) >= 11 is 0. The number of nitrogens with zero attached hydrogens (tertiary/aromatic N) is 2. The van der Waals surface area contributed by atoms with Crippen molar-refractivity contribution in [3.05, 3.63) is 164 Å². The third-order valence-electron chi connectivity index (χ3n) is 12.8. The van der Waals surface area contributed by atoms with E-state index in [4.69, 9.17) is 67.2 Å². The second kappa shape index (κ2) is 15.4. The molecule has 0 fully saturated rings. The van der Waals surface area contributed by atoms with Crippen molar-refractivity contribution in [3.63, 3.8) is 0 Å². The summed E-state index contributed by atoms with van der Waals surface area (Å²) in [6.07, 6.45) is 0. The van der Waals surface area contributed by atoms with Crippen molar-refractivity contribution in [2.75, 3.05) is 0 Å². The van der Waals surface area contributed by atoms with Crippen molar-refractivity contribution >= 4 is 145 Å². The van der Waals surface area contributed by atoms with Gasteiger partial charge in [-0.15, -0.1) is 16.4 Å². The number of benzene rings is 9. The average molecular weight is 827 g/mol. The number of hydrogen-bond acceptors (Lipinski definition) is 4. The Balaban J connectivity index is 1.17. The van der Waals surface area contributed by atoms with Crippen molar-refractivity contribution in [1.29, 1.82) is 0 Å². The fourth-order valence-electron chi connectivity index (χ4n) is 9.48. The molecule has 0 spiro atoms. The summed E-state index contributed by atoms with van der Waals surface area (Å²) in [4.78, 5) is 4.58. The quantitative estimate of drug-likeness (QED) is 0.172. The second-order valence-corrected chi connectivity index (χ2v) is 16.8. The molecule has 11 aromatic rings. The first-order chi connectivity index (χ1) is 31.7. The molecule has 0 aliphatic heterocycles. The number of fused-ring (bicyclic) bond motifs is 6. The van der Waals surface area contributed by atoms with Gasteiger partial charge in [0, 0.05) is 21.9 Å². The van der Waals surface area contributed by atoms with Crippen molar-refractivity contribution in [2.24, 2.45) is 0 Å². The standard InChI is InChI=1S/C53H28B8N2O3/c54-46-43(47(55)49(57)50(58)48(46)56)30-22-23-34-37(26-30)44(36-17-9-21-41-45(36)35-16-3-6-20-40(35)66-41)33-15-2-1-14-32(33)42(34)29-12-7-10-27(24-29)28-11-8-13-31(25-28)63-39-19-5-4-18-38(39)62-51(63)52(59,64)53(60,61)65/h1-26,64-65H. The van der Waals surface area contributed by atoms with Gasteiger partial charge in [-0.05, 0) is 115 Å². The molecule has 2 aromatic heterocycles. The number of para-hydroxylation sites is 3. The molecule has 0 bridgehead atoms. The van der Waals surface area contributed by atoms with E-state index in [2.05, 4.69) is 53.5 Å². The molecule has 5 nitrogen and oxygen atoms in total. The van der Waals surface area contributed by atoms with Crippen LogP contribution in [-0.4, -0.2) is 87.9 Å². The molecule has 66 heavy (non-hydrogen) atoms. The molecule has 0 aliphatic carbocycles. The van der Waals surface area contributed by atoms with Crippen LogP contribution in [-0.2, 0) is 5.50 Å². The van der Waals surface area contributed by atoms with Crippen LogP contribution in [0, 0.1) is 0 Å². The fraction of sp³-hybridized carbons (Fsp3) is 0.0377. The molecule has 0 saturated heterocycles. The molecule has 0 saturated carbocycles. The topological polar surface area (TPSA) is 71.4 Å². The Kier molecular flexibility index (Phi) is 9.78. The van der Waals surface area contributed by atoms with Crippen LogP contribution in [0.4, 0.5) is 0 Å². The minimum absolute atomic E-state index is 0.133. The van der Waals surface area contributed by atoms with Gasteiger partial charge < -0.3 is 14.6 Å². The van der Waals surface area contributed by atoms with Crippen molar-refractivity contribution in [3.8, 4) is 50.2 Å². The first-order valence-corrected chi connectivity index (χ1v) is 21.1. The lowest BCUT2D eigenvalue weighted by molar-refractivity contribution is -0.00426. The van der Waals surface area contributed by atoms with Gasteiger partial charge in [-0.25, -0.2) is 4.98 Å². The van der Waals surface area contributed by atoms with E-state index in [-0.39, 0.29) is 33.1 Å². The number of imidazole rings is 1. The van der Waals surface area contributed by atoms with Gasteiger partial charge in [0.05, 0.1) is 16.5 Å². The highest BCUT2D eigenvalue weighted by atomic mass is 16.3. The predicted molar refractivity (Wildman–Crippen MR) is 278 cm³/mol. The molecule has 16 radical (unpaired) electrons. The maximum atomic E-state index is 11.4. The van der Waals surface area contributed by atoms with Crippen molar-refractivity contribution in [1.82, 2.24) is 9.55 Å². The molecule has 9 aromatic carbocycles. The van der Waals surface area contributed by atoms with Crippen LogP contribution in [0.3, 0.4) is 0 Å². The summed E-state index contributed by atoms with van der Waals surface area (Å²) in [7, 11) is 50.4. The number of aliphatic hydroxyl groups is 2. The van der Waals surface area contributed by atoms with E-state index in [1.54, 1.807) is 10.6 Å². The van der Waals surface area contributed by atoms with Gasteiger partial charge in [0.1, 0.15) is 79.8 Å². The number of rotatable bonds is 7. The molecule has 1 atom stereocenters. The summed E-state index contributed by atoms with van der Waals surface area (Å²) in [5, 5.41) is 25.2. The Hall–Kier alpha value is -6.79. The number of hydrogen-bond donors (Lipinski definition) is 2. The zero-order chi connectivity index (χ0) is 45.8. The van der Waals surface area contributed by atoms with Gasteiger partial charge in [-0.3, -0.25) is 4.57 Å². The Morgan fingerprint density at radius 1 is 0.455 bits per heavy atom. The first-order valence-electron chi connectivity index (χ1n) is 21.1. The first kappa shape index (κ1) is 41.9. The van der Waals surface area contributed by atoms with Crippen LogP contribution in [0.25, 0.3) is 105 Å². The van der Waals surface area contributed by atoms with Crippen LogP contribution in [0.5, 0.6) is 0 Å². The molecule has 292 valence electrons. The lowest BCUT2D eigenvalue weighted by atomic mass is 9.49. The normalized spacial score (nSPS) is 13.0. The molecular weight excluding hydrogens is 799 g/mol. The largest absolute Gasteiger partial charge is 0.456 e. The molecule has 11 rings (SSSR count). The molecule has 2 heterocycles. The Bertz CT molecular complexity index is 3790. The Morgan fingerprint density at radius 3 is 1.76 bits per heavy atom. The molecule has 0 aliphatic rings. The monoisotopic (exact) mass is 828 g/mol. The predicted octanol–water partition coefficient (Wildman–Crippen LogP) is 5.17. The van der Waals surface area contributed by atoms with Crippen LogP contribution < -0.4 is 27.3 Å². The van der Waals surface area contributed by atoms with Crippen LogP contribution >= 0.6 is 0 Å².